The summed E-state index contributed by atoms with van der Waals surface area (Å²) < 4.78 is 0. The van der Waals surface area contributed by atoms with Crippen LogP contribution in [0, 0.1) is 5.92 Å². The van der Waals surface area contributed by atoms with Crippen LogP contribution in [0.1, 0.15) is 32.3 Å². The van der Waals surface area contributed by atoms with Crippen LogP contribution in [0.25, 0.3) is 0 Å². The first kappa shape index (κ1) is 16.3. The zero-order valence-electron chi connectivity index (χ0n) is 13.4. The molecule has 2 heterocycles. The maximum absolute atomic E-state index is 4.32. The fraction of sp³-hybridized carbons (Fsp3) is 0.688. The van der Waals surface area contributed by atoms with Crippen LogP contribution in [-0.2, 0) is 6.54 Å². The minimum absolute atomic E-state index is 0.590. The van der Waals surface area contributed by atoms with Crippen molar-refractivity contribution in [3.8, 4) is 0 Å². The van der Waals surface area contributed by atoms with Crippen molar-refractivity contribution in [2.75, 3.05) is 26.7 Å². The van der Waals surface area contributed by atoms with Gasteiger partial charge in [0.25, 0.3) is 0 Å². The Morgan fingerprint density at radius 2 is 2.10 bits per heavy atom. The molecule has 4 nitrogen and oxygen atoms in total. The highest BCUT2D eigenvalue weighted by atomic mass is 32.1. The SMILES string of the molecule is CN=C(NCc1ccsc1)NCC(C(C)C)N1CCCC1. The highest BCUT2D eigenvalue weighted by Crippen LogP contribution is 2.17. The molecule has 2 N–H and O–H groups in total. The average molecular weight is 308 g/mol. The average Bonchev–Trinajstić information content (AvgIpc) is 3.15. The molecule has 0 amide bonds. The molecule has 0 radical (unpaired) electrons. The fourth-order valence-corrected chi connectivity index (χ4v) is 3.53. The maximum atomic E-state index is 4.32. The van der Waals surface area contributed by atoms with Gasteiger partial charge in [-0.3, -0.25) is 9.89 Å². The monoisotopic (exact) mass is 308 g/mol. The molecule has 1 aromatic rings. The Morgan fingerprint density at radius 3 is 2.67 bits per heavy atom. The summed E-state index contributed by atoms with van der Waals surface area (Å²) in [7, 11) is 1.84. The van der Waals surface area contributed by atoms with Gasteiger partial charge in [-0.05, 0) is 54.2 Å². The Bertz CT molecular complexity index is 421. The molecular weight excluding hydrogens is 280 g/mol. The number of hydrogen-bond acceptors (Lipinski definition) is 3. The molecule has 0 bridgehead atoms. The Balaban J connectivity index is 1.80. The summed E-state index contributed by atoms with van der Waals surface area (Å²) in [5.74, 6) is 1.55. The number of guanidine groups is 1. The molecule has 1 aliphatic heterocycles. The standard InChI is InChI=1S/C16H28N4S/c1-13(2)15(20-7-4-5-8-20)11-19-16(17-3)18-10-14-6-9-21-12-14/h6,9,12-13,15H,4-5,7-8,10-11H2,1-3H3,(H2,17,18,19). The Labute approximate surface area is 132 Å². The van der Waals surface area contributed by atoms with E-state index < -0.39 is 0 Å². The molecule has 0 spiro atoms. The van der Waals surface area contributed by atoms with Gasteiger partial charge in [-0.2, -0.15) is 11.3 Å². The second kappa shape index (κ2) is 8.39. The van der Waals surface area contributed by atoms with Gasteiger partial charge in [-0.15, -0.1) is 0 Å². The molecule has 0 aromatic carbocycles. The third kappa shape index (κ3) is 5.00. The van der Waals surface area contributed by atoms with Crippen LogP contribution in [-0.4, -0.2) is 43.6 Å². The normalized spacial score (nSPS) is 18.2. The van der Waals surface area contributed by atoms with Crippen molar-refractivity contribution in [1.29, 1.82) is 0 Å². The van der Waals surface area contributed by atoms with Crippen LogP contribution in [0.4, 0.5) is 0 Å². The van der Waals surface area contributed by atoms with E-state index in [2.05, 4.69) is 51.2 Å². The van der Waals surface area contributed by atoms with Gasteiger partial charge in [0.05, 0.1) is 0 Å². The van der Waals surface area contributed by atoms with Gasteiger partial charge in [0.1, 0.15) is 0 Å². The molecule has 1 aliphatic rings. The van der Waals surface area contributed by atoms with Gasteiger partial charge in [0, 0.05) is 26.2 Å². The van der Waals surface area contributed by atoms with Gasteiger partial charge >= 0.3 is 0 Å². The van der Waals surface area contributed by atoms with Crippen LogP contribution in [0.15, 0.2) is 21.8 Å². The third-order valence-electron chi connectivity index (χ3n) is 4.12. The predicted molar refractivity (Wildman–Crippen MR) is 92.0 cm³/mol. The molecule has 1 fully saturated rings. The van der Waals surface area contributed by atoms with Gasteiger partial charge in [0.15, 0.2) is 5.96 Å². The smallest absolute Gasteiger partial charge is 0.191 e. The van der Waals surface area contributed by atoms with Crippen molar-refractivity contribution in [3.05, 3.63) is 22.4 Å². The number of hydrogen-bond donors (Lipinski definition) is 2. The summed E-state index contributed by atoms with van der Waals surface area (Å²) in [6.07, 6.45) is 2.68. The topological polar surface area (TPSA) is 39.7 Å². The van der Waals surface area contributed by atoms with E-state index in [9.17, 15) is 0 Å². The molecule has 1 aromatic heterocycles. The maximum Gasteiger partial charge on any atom is 0.191 e. The molecule has 0 saturated carbocycles. The van der Waals surface area contributed by atoms with Crippen molar-refractivity contribution in [1.82, 2.24) is 15.5 Å². The van der Waals surface area contributed by atoms with Crippen molar-refractivity contribution in [2.45, 2.75) is 39.3 Å². The molecule has 1 atom stereocenters. The number of aliphatic imine (C=N–C) groups is 1. The van der Waals surface area contributed by atoms with E-state index in [0.29, 0.717) is 12.0 Å². The van der Waals surface area contributed by atoms with Gasteiger partial charge in [-0.25, -0.2) is 0 Å². The van der Waals surface area contributed by atoms with Crippen LogP contribution in [0.5, 0.6) is 0 Å². The van der Waals surface area contributed by atoms with E-state index >= 15 is 0 Å². The lowest BCUT2D eigenvalue weighted by Gasteiger charge is -2.31. The summed E-state index contributed by atoms with van der Waals surface area (Å²) in [5.41, 5.74) is 1.31. The zero-order valence-corrected chi connectivity index (χ0v) is 14.2. The first-order chi connectivity index (χ1) is 10.2. The van der Waals surface area contributed by atoms with Crippen LogP contribution in [0.3, 0.4) is 0 Å². The molecule has 1 unspecified atom stereocenters. The highest BCUT2D eigenvalue weighted by molar-refractivity contribution is 7.07. The highest BCUT2D eigenvalue weighted by Gasteiger charge is 2.24. The minimum atomic E-state index is 0.590. The third-order valence-corrected chi connectivity index (χ3v) is 4.85. The van der Waals surface area contributed by atoms with Gasteiger partial charge < -0.3 is 10.6 Å². The largest absolute Gasteiger partial charge is 0.355 e. The summed E-state index contributed by atoms with van der Waals surface area (Å²) in [5, 5.41) is 11.1. The van der Waals surface area contributed by atoms with Crippen LogP contribution < -0.4 is 10.6 Å². The molecule has 1 saturated heterocycles. The molecule has 2 rings (SSSR count). The first-order valence-corrected chi connectivity index (χ1v) is 8.84. The van der Waals surface area contributed by atoms with E-state index in [1.54, 1.807) is 11.3 Å². The lowest BCUT2D eigenvalue weighted by atomic mass is 10.0. The van der Waals surface area contributed by atoms with Gasteiger partial charge in [-0.1, -0.05) is 13.8 Å². The van der Waals surface area contributed by atoms with Crippen LogP contribution >= 0.6 is 11.3 Å². The molecule has 118 valence electrons. The number of nitrogens with zero attached hydrogens (tertiary/aromatic N) is 2. The quantitative estimate of drug-likeness (QED) is 0.627. The number of rotatable bonds is 6. The fourth-order valence-electron chi connectivity index (χ4n) is 2.86. The van der Waals surface area contributed by atoms with Gasteiger partial charge in [0.2, 0.25) is 0 Å². The molecule has 0 aliphatic carbocycles. The van der Waals surface area contributed by atoms with E-state index in [1.807, 2.05) is 7.05 Å². The number of likely N-dealkylation sites (tertiary alicyclic amines) is 1. The van der Waals surface area contributed by atoms with Crippen molar-refractivity contribution >= 4 is 17.3 Å². The predicted octanol–water partition coefficient (Wildman–Crippen LogP) is 2.53. The van der Waals surface area contributed by atoms with E-state index in [1.165, 1.54) is 31.5 Å². The number of nitrogens with one attached hydrogen (secondary N) is 2. The Hall–Kier alpha value is -1.07. The van der Waals surface area contributed by atoms with Crippen molar-refractivity contribution in [2.24, 2.45) is 10.9 Å². The van der Waals surface area contributed by atoms with E-state index in [4.69, 9.17) is 0 Å². The first-order valence-electron chi connectivity index (χ1n) is 7.90. The minimum Gasteiger partial charge on any atom is -0.355 e. The summed E-state index contributed by atoms with van der Waals surface area (Å²) >= 11 is 1.73. The molecule has 21 heavy (non-hydrogen) atoms. The number of thiophene rings is 1. The lowest BCUT2D eigenvalue weighted by Crippen LogP contribution is -2.48. The second-order valence-corrected chi connectivity index (χ2v) is 6.77. The van der Waals surface area contributed by atoms with Crippen molar-refractivity contribution < 1.29 is 0 Å². The second-order valence-electron chi connectivity index (χ2n) is 5.99. The lowest BCUT2D eigenvalue weighted by molar-refractivity contribution is 0.192. The van der Waals surface area contributed by atoms with Crippen molar-refractivity contribution in [3.63, 3.8) is 0 Å². The molecular formula is C16H28N4S. The Kier molecular flexibility index (Phi) is 6.51. The summed E-state index contributed by atoms with van der Waals surface area (Å²) in [4.78, 5) is 6.94. The zero-order chi connectivity index (χ0) is 15.1. The van der Waals surface area contributed by atoms with Crippen LogP contribution in [0.2, 0.25) is 0 Å². The van der Waals surface area contributed by atoms with E-state index in [0.717, 1.165) is 19.0 Å². The Morgan fingerprint density at radius 1 is 1.33 bits per heavy atom. The summed E-state index contributed by atoms with van der Waals surface area (Å²) in [6, 6.07) is 2.73. The summed E-state index contributed by atoms with van der Waals surface area (Å²) in [6.45, 7) is 8.90. The van der Waals surface area contributed by atoms with E-state index in [-0.39, 0.29) is 0 Å². The molecule has 5 heteroatoms.